The van der Waals surface area contributed by atoms with Gasteiger partial charge in [-0.25, -0.2) is 9.97 Å². The fraction of sp³-hybridized carbons (Fsp3) is 0.500. The van der Waals surface area contributed by atoms with Gasteiger partial charge in [0.15, 0.2) is 16.6 Å². The number of hydrogen-bond donors (Lipinski definition) is 3. The van der Waals surface area contributed by atoms with E-state index in [4.69, 9.17) is 17.3 Å². The van der Waals surface area contributed by atoms with Crippen LogP contribution in [0.15, 0.2) is 6.33 Å². The number of anilines is 2. The van der Waals surface area contributed by atoms with Gasteiger partial charge in [-0.1, -0.05) is 0 Å². The first kappa shape index (κ1) is 18.7. The molecule has 0 saturated heterocycles. The fourth-order valence-corrected chi connectivity index (χ4v) is 5.33. The van der Waals surface area contributed by atoms with E-state index in [0.717, 1.165) is 50.9 Å². The lowest BCUT2D eigenvalue weighted by atomic mass is 9.85. The van der Waals surface area contributed by atoms with Crippen LogP contribution < -0.4 is 16.4 Å². The summed E-state index contributed by atoms with van der Waals surface area (Å²) in [7, 11) is 0. The van der Waals surface area contributed by atoms with Gasteiger partial charge in [0.25, 0.3) is 0 Å². The van der Waals surface area contributed by atoms with Crippen molar-refractivity contribution in [2.24, 2.45) is 5.92 Å². The van der Waals surface area contributed by atoms with Gasteiger partial charge in [-0.15, -0.1) is 11.3 Å². The Balaban J connectivity index is 1.25. The molecule has 0 aromatic carbocycles. The Kier molecular flexibility index (Phi) is 4.84. The van der Waals surface area contributed by atoms with Gasteiger partial charge < -0.3 is 20.9 Å². The van der Waals surface area contributed by atoms with Gasteiger partial charge in [0.1, 0.15) is 5.52 Å². The Morgan fingerprint density at radius 1 is 1.28 bits per heavy atom. The molecule has 0 spiro atoms. The zero-order valence-electron chi connectivity index (χ0n) is 15.7. The van der Waals surface area contributed by atoms with Crippen LogP contribution in [0, 0.1) is 5.92 Å². The summed E-state index contributed by atoms with van der Waals surface area (Å²) in [6.45, 7) is 1.78. The Bertz CT molecular complexity index is 1050. The minimum absolute atomic E-state index is 0.0108. The van der Waals surface area contributed by atoms with Gasteiger partial charge in [-0.05, 0) is 37.3 Å². The Hall–Kier alpha value is -2.30. The number of amides is 1. The van der Waals surface area contributed by atoms with Gasteiger partial charge >= 0.3 is 0 Å². The molecule has 1 saturated carbocycles. The summed E-state index contributed by atoms with van der Waals surface area (Å²) in [6, 6.07) is 0.215. The highest BCUT2D eigenvalue weighted by Gasteiger charge is 2.29. The molecule has 152 valence electrons. The van der Waals surface area contributed by atoms with Crippen LogP contribution in [0.2, 0.25) is 5.28 Å². The van der Waals surface area contributed by atoms with E-state index in [2.05, 4.69) is 30.6 Å². The van der Waals surface area contributed by atoms with E-state index < -0.39 is 0 Å². The van der Waals surface area contributed by atoms with E-state index >= 15 is 0 Å². The van der Waals surface area contributed by atoms with Crippen molar-refractivity contribution in [2.75, 3.05) is 17.6 Å². The van der Waals surface area contributed by atoms with E-state index in [-0.39, 0.29) is 29.0 Å². The van der Waals surface area contributed by atoms with Gasteiger partial charge in [-0.3, -0.25) is 4.79 Å². The lowest BCUT2D eigenvalue weighted by Gasteiger charge is -2.28. The molecule has 11 heteroatoms. The zero-order valence-corrected chi connectivity index (χ0v) is 17.3. The van der Waals surface area contributed by atoms with Gasteiger partial charge in [0, 0.05) is 36.3 Å². The number of rotatable bonds is 3. The molecule has 1 aliphatic carbocycles. The summed E-state index contributed by atoms with van der Waals surface area (Å²) < 4.78 is 2.01. The molecule has 0 atom stereocenters. The first-order valence-corrected chi connectivity index (χ1v) is 10.9. The van der Waals surface area contributed by atoms with Crippen molar-refractivity contribution in [1.82, 2.24) is 29.8 Å². The van der Waals surface area contributed by atoms with Crippen LogP contribution in [-0.4, -0.2) is 37.0 Å². The average molecular weight is 433 g/mol. The van der Waals surface area contributed by atoms with E-state index in [1.54, 1.807) is 17.7 Å². The average Bonchev–Trinajstić information content (AvgIpc) is 3.31. The first-order chi connectivity index (χ1) is 14.1. The highest BCUT2D eigenvalue weighted by atomic mass is 35.5. The number of carbonyl (C=O) groups excluding carboxylic acids is 1. The topological polar surface area (TPSA) is 124 Å². The number of nitrogens with zero attached hydrogens (tertiary/aromatic N) is 5. The molecule has 29 heavy (non-hydrogen) atoms. The number of halogens is 1. The molecule has 9 nitrogen and oxygen atoms in total. The van der Waals surface area contributed by atoms with Gasteiger partial charge in [0.05, 0.1) is 12.0 Å². The number of carbonyl (C=O) groups is 1. The monoisotopic (exact) mass is 432 g/mol. The third-order valence-corrected chi connectivity index (χ3v) is 6.90. The number of thiazole rings is 1. The normalized spacial score (nSPS) is 21.8. The number of imidazole rings is 1. The molecule has 4 heterocycles. The van der Waals surface area contributed by atoms with Crippen molar-refractivity contribution in [3.63, 3.8) is 0 Å². The molecule has 3 aromatic rings. The molecule has 4 N–H and O–H groups in total. The maximum atomic E-state index is 12.7. The SMILES string of the molecule is Nc1nc(Cl)nc2c1ncn2[C@H]1CC[C@@H](C(=O)Nc2nc3c(s2)CNCC3)CC1. The minimum atomic E-state index is -0.0108. The predicted molar refractivity (Wildman–Crippen MR) is 112 cm³/mol. The standard InChI is InChI=1S/C18H21ClN8OS/c19-17-24-14(20)13-15(25-17)27(8-22-13)10-3-1-9(2-4-10)16(28)26-18-23-11-5-6-21-7-12(11)29-18/h8-10,21H,1-7H2,(H2,20,24,25)(H,23,26,28)/t9-,10+. The maximum Gasteiger partial charge on any atom is 0.229 e. The van der Waals surface area contributed by atoms with Crippen LogP contribution in [0.5, 0.6) is 0 Å². The van der Waals surface area contributed by atoms with Crippen LogP contribution in [0.4, 0.5) is 10.9 Å². The quantitative estimate of drug-likeness (QED) is 0.543. The second kappa shape index (κ2) is 7.51. The third kappa shape index (κ3) is 3.56. The number of fused-ring (bicyclic) bond motifs is 2. The fourth-order valence-electron chi connectivity index (χ4n) is 4.18. The Labute approximate surface area is 176 Å². The van der Waals surface area contributed by atoms with Crippen LogP contribution in [0.1, 0.15) is 42.3 Å². The minimum Gasteiger partial charge on any atom is -0.382 e. The lowest BCUT2D eigenvalue weighted by molar-refractivity contribution is -0.120. The number of hydrogen-bond acceptors (Lipinski definition) is 8. The van der Waals surface area contributed by atoms with E-state index in [1.807, 2.05) is 4.57 Å². The molecule has 2 aliphatic rings. The van der Waals surface area contributed by atoms with Crippen molar-refractivity contribution in [3.05, 3.63) is 22.2 Å². The number of aromatic nitrogens is 5. The summed E-state index contributed by atoms with van der Waals surface area (Å²) in [5, 5.41) is 7.20. The van der Waals surface area contributed by atoms with Crippen molar-refractivity contribution in [2.45, 2.75) is 44.7 Å². The summed E-state index contributed by atoms with van der Waals surface area (Å²) in [4.78, 5) is 31.1. The summed E-state index contributed by atoms with van der Waals surface area (Å²) >= 11 is 7.54. The predicted octanol–water partition coefficient (Wildman–Crippen LogP) is 2.53. The zero-order chi connectivity index (χ0) is 20.0. The van der Waals surface area contributed by atoms with Crippen LogP contribution in [0.3, 0.4) is 0 Å². The van der Waals surface area contributed by atoms with E-state index in [0.29, 0.717) is 16.3 Å². The van der Waals surface area contributed by atoms with Gasteiger partial charge in [-0.2, -0.15) is 9.97 Å². The summed E-state index contributed by atoms with van der Waals surface area (Å²) in [5.74, 6) is 0.337. The van der Waals surface area contributed by atoms with Crippen LogP contribution >= 0.6 is 22.9 Å². The Morgan fingerprint density at radius 2 is 2.10 bits per heavy atom. The second-order valence-corrected chi connectivity index (χ2v) is 8.93. The summed E-state index contributed by atoms with van der Waals surface area (Å²) in [5.41, 5.74) is 8.23. The molecule has 1 amide bonds. The van der Waals surface area contributed by atoms with Crippen LogP contribution in [0.25, 0.3) is 11.2 Å². The van der Waals surface area contributed by atoms with Crippen molar-refractivity contribution in [3.8, 4) is 0 Å². The van der Waals surface area contributed by atoms with Crippen molar-refractivity contribution >= 4 is 51.0 Å². The summed E-state index contributed by atoms with van der Waals surface area (Å²) in [6.07, 6.45) is 6.00. The van der Waals surface area contributed by atoms with Gasteiger partial charge in [0.2, 0.25) is 11.2 Å². The molecule has 3 aromatic heterocycles. The second-order valence-electron chi connectivity index (χ2n) is 7.51. The molecule has 0 bridgehead atoms. The lowest BCUT2D eigenvalue weighted by Crippen LogP contribution is -2.28. The smallest absolute Gasteiger partial charge is 0.229 e. The molecule has 0 unspecified atom stereocenters. The molecular weight excluding hydrogens is 412 g/mol. The highest BCUT2D eigenvalue weighted by Crippen LogP contribution is 2.35. The highest BCUT2D eigenvalue weighted by molar-refractivity contribution is 7.15. The van der Waals surface area contributed by atoms with Crippen LogP contribution in [-0.2, 0) is 17.8 Å². The van der Waals surface area contributed by atoms with Crippen molar-refractivity contribution < 1.29 is 4.79 Å². The molecule has 1 fully saturated rings. The largest absolute Gasteiger partial charge is 0.382 e. The third-order valence-electron chi connectivity index (χ3n) is 5.71. The molecular formula is C18H21ClN8OS. The first-order valence-electron chi connectivity index (χ1n) is 9.74. The maximum absolute atomic E-state index is 12.7. The number of nitrogens with two attached hydrogens (primary N) is 1. The molecule has 1 aliphatic heterocycles. The van der Waals surface area contributed by atoms with E-state index in [9.17, 15) is 4.79 Å². The van der Waals surface area contributed by atoms with E-state index in [1.165, 1.54) is 4.88 Å². The Morgan fingerprint density at radius 3 is 2.90 bits per heavy atom. The molecule has 0 radical (unpaired) electrons. The number of nitrogen functional groups attached to an aromatic ring is 1. The number of nitrogens with one attached hydrogen (secondary N) is 2. The van der Waals surface area contributed by atoms with Crippen molar-refractivity contribution in [1.29, 1.82) is 0 Å². The molecule has 5 rings (SSSR count).